The largest absolute Gasteiger partial charge is 0.375 e. The van der Waals surface area contributed by atoms with Crippen LogP contribution in [0.15, 0.2) is 11.6 Å². The summed E-state index contributed by atoms with van der Waals surface area (Å²) in [5.41, 5.74) is 2.05. The van der Waals surface area contributed by atoms with Gasteiger partial charge in [-0.15, -0.1) is 0 Å². The molecule has 5 nitrogen and oxygen atoms in total. The standard InChI is InChI=1S/C38H65NO4S.C2H6/c1-26(2)11-9-10-12-29-14-16-33-32-15-13-30-23-31(17-20-38(30,8)34(32)18-21-37(29,33)7)42-25-35(41)44-39-27(3)19-22-43-36(5,6)24-28(4)40;1-2/h13,26-27,29,31-34,39H,9-12,14-25H2,1-8H3;1-2H3. The van der Waals surface area contributed by atoms with Crippen molar-refractivity contribution in [2.45, 2.75) is 177 Å². The summed E-state index contributed by atoms with van der Waals surface area (Å²) in [6, 6.07) is 0.130. The maximum Gasteiger partial charge on any atom is 0.229 e. The van der Waals surface area contributed by atoms with E-state index in [1.807, 2.05) is 27.7 Å². The van der Waals surface area contributed by atoms with Gasteiger partial charge >= 0.3 is 0 Å². The van der Waals surface area contributed by atoms with Crippen molar-refractivity contribution >= 4 is 22.8 Å². The van der Waals surface area contributed by atoms with Gasteiger partial charge in [0.05, 0.1) is 11.7 Å². The average Bonchev–Trinajstić information content (AvgIpc) is 3.33. The van der Waals surface area contributed by atoms with Crippen LogP contribution in [-0.4, -0.2) is 41.9 Å². The van der Waals surface area contributed by atoms with Gasteiger partial charge in [0, 0.05) is 19.1 Å². The van der Waals surface area contributed by atoms with Gasteiger partial charge in [-0.2, -0.15) is 0 Å². The minimum Gasteiger partial charge on any atom is -0.375 e. The monoisotopic (exact) mass is 662 g/mol. The SMILES string of the molecule is CC.CC(=O)CC(C)(C)OCCC(C)NSC(=O)COC1CCC2(C)C(=CCC3C2CCC2(C)C(CCCCC(C)C)CCC32)C1. The van der Waals surface area contributed by atoms with E-state index < -0.39 is 5.60 Å². The van der Waals surface area contributed by atoms with Gasteiger partial charge in [0.15, 0.2) is 0 Å². The molecule has 8 atom stereocenters. The Morgan fingerprint density at radius 2 is 1.76 bits per heavy atom. The van der Waals surface area contributed by atoms with Crippen LogP contribution in [0.5, 0.6) is 0 Å². The van der Waals surface area contributed by atoms with Crippen molar-refractivity contribution < 1.29 is 19.1 Å². The topological polar surface area (TPSA) is 64.6 Å². The zero-order valence-electron chi connectivity index (χ0n) is 31.5. The highest BCUT2D eigenvalue weighted by atomic mass is 32.2. The zero-order chi connectivity index (χ0) is 34.1. The number of Topliss-reactive ketones (excluding diaryl/α,β-unsaturated/α-hetero) is 1. The third-order valence-electron chi connectivity index (χ3n) is 12.4. The van der Waals surface area contributed by atoms with Crippen LogP contribution >= 0.6 is 11.9 Å². The summed E-state index contributed by atoms with van der Waals surface area (Å²) in [6.45, 7) is 22.2. The molecule has 6 heteroatoms. The number of carbonyl (C=O) groups is 2. The molecule has 0 bridgehead atoms. The minimum absolute atomic E-state index is 0.0345. The molecule has 1 N–H and O–H groups in total. The maximum atomic E-state index is 12.6. The van der Waals surface area contributed by atoms with E-state index in [2.05, 4.69) is 45.4 Å². The van der Waals surface area contributed by atoms with Crippen molar-refractivity contribution in [3.8, 4) is 0 Å². The Balaban J connectivity index is 0.00000282. The van der Waals surface area contributed by atoms with E-state index in [0.29, 0.717) is 23.9 Å². The molecule has 0 radical (unpaired) electrons. The van der Waals surface area contributed by atoms with Crippen LogP contribution in [0.1, 0.15) is 159 Å². The minimum atomic E-state index is -0.448. The second-order valence-corrected chi connectivity index (χ2v) is 17.6. The van der Waals surface area contributed by atoms with E-state index in [9.17, 15) is 9.59 Å². The molecule has 4 aliphatic carbocycles. The highest BCUT2D eigenvalue weighted by Crippen LogP contribution is 2.66. The Morgan fingerprint density at radius 1 is 1.02 bits per heavy atom. The Labute approximate surface area is 288 Å². The fourth-order valence-electron chi connectivity index (χ4n) is 9.90. The summed E-state index contributed by atoms with van der Waals surface area (Å²) < 4.78 is 15.4. The van der Waals surface area contributed by atoms with Gasteiger partial charge in [-0.05, 0) is 144 Å². The number of ketones is 1. The van der Waals surface area contributed by atoms with Crippen molar-refractivity contribution in [3.05, 3.63) is 11.6 Å². The fourth-order valence-corrected chi connectivity index (χ4v) is 10.5. The first kappa shape index (κ1) is 39.7. The van der Waals surface area contributed by atoms with Gasteiger partial charge in [-0.25, -0.2) is 0 Å². The van der Waals surface area contributed by atoms with Crippen molar-refractivity contribution in [2.24, 2.45) is 40.4 Å². The number of allylic oxidation sites excluding steroid dienone is 1. The van der Waals surface area contributed by atoms with E-state index >= 15 is 0 Å². The van der Waals surface area contributed by atoms with Gasteiger partial charge in [0.25, 0.3) is 0 Å². The van der Waals surface area contributed by atoms with Gasteiger partial charge in [-0.3, -0.25) is 14.3 Å². The Kier molecular flexibility index (Phi) is 15.4. The van der Waals surface area contributed by atoms with Crippen LogP contribution in [0, 0.1) is 40.4 Å². The van der Waals surface area contributed by atoms with E-state index in [1.54, 1.807) is 12.5 Å². The lowest BCUT2D eigenvalue weighted by atomic mass is 9.47. The number of hydrogen-bond acceptors (Lipinski definition) is 6. The quantitative estimate of drug-likeness (QED) is 0.101. The molecule has 8 unspecified atom stereocenters. The summed E-state index contributed by atoms with van der Waals surface area (Å²) in [6.07, 6.45) is 19.9. The number of hydrogen-bond donors (Lipinski definition) is 1. The van der Waals surface area contributed by atoms with Gasteiger partial charge < -0.3 is 9.47 Å². The molecule has 0 aromatic carbocycles. The second kappa shape index (κ2) is 17.8. The van der Waals surface area contributed by atoms with Crippen LogP contribution in [0.4, 0.5) is 0 Å². The predicted octanol–water partition coefficient (Wildman–Crippen LogP) is 10.5. The van der Waals surface area contributed by atoms with Crippen molar-refractivity contribution in [1.82, 2.24) is 4.72 Å². The van der Waals surface area contributed by atoms with E-state index in [4.69, 9.17) is 9.47 Å². The third-order valence-corrected chi connectivity index (χ3v) is 13.2. The lowest BCUT2D eigenvalue weighted by Gasteiger charge is -2.58. The summed E-state index contributed by atoms with van der Waals surface area (Å²) in [5, 5.41) is 0.0345. The summed E-state index contributed by atoms with van der Waals surface area (Å²) in [4.78, 5) is 24.1. The molecule has 0 aromatic heterocycles. The van der Waals surface area contributed by atoms with Crippen LogP contribution in [-0.2, 0) is 19.1 Å². The third kappa shape index (κ3) is 10.4. The van der Waals surface area contributed by atoms with Crippen molar-refractivity contribution in [3.63, 3.8) is 0 Å². The fraction of sp³-hybridized carbons (Fsp3) is 0.900. The first-order valence-corrected chi connectivity index (χ1v) is 19.9. The van der Waals surface area contributed by atoms with Gasteiger partial charge in [0.2, 0.25) is 5.12 Å². The van der Waals surface area contributed by atoms with Crippen LogP contribution in [0.25, 0.3) is 0 Å². The van der Waals surface area contributed by atoms with Crippen LogP contribution < -0.4 is 4.72 Å². The number of nitrogens with one attached hydrogen (secondary N) is 1. The van der Waals surface area contributed by atoms with Crippen LogP contribution in [0.2, 0.25) is 0 Å². The summed E-state index contributed by atoms with van der Waals surface area (Å²) in [5.74, 6) is 4.49. The van der Waals surface area contributed by atoms with Gasteiger partial charge in [0.1, 0.15) is 12.4 Å². The average molecular weight is 662 g/mol. The Morgan fingerprint density at radius 3 is 2.46 bits per heavy atom. The number of rotatable bonds is 16. The molecular formula is C40H71NO4S. The van der Waals surface area contributed by atoms with E-state index in [-0.39, 0.29) is 29.7 Å². The lowest BCUT2D eigenvalue weighted by Crippen LogP contribution is -2.50. The molecule has 0 heterocycles. The molecule has 46 heavy (non-hydrogen) atoms. The Hall–Kier alpha value is -0.690. The zero-order valence-corrected chi connectivity index (χ0v) is 32.3. The highest BCUT2D eigenvalue weighted by Gasteiger charge is 2.58. The summed E-state index contributed by atoms with van der Waals surface area (Å²) >= 11 is 1.16. The maximum absolute atomic E-state index is 12.6. The molecule has 0 aliphatic heterocycles. The van der Waals surface area contributed by atoms with Crippen molar-refractivity contribution in [1.29, 1.82) is 0 Å². The molecule has 266 valence electrons. The van der Waals surface area contributed by atoms with E-state index in [0.717, 1.165) is 60.8 Å². The molecule has 3 saturated carbocycles. The number of unbranched alkanes of at least 4 members (excludes halogenated alkanes) is 1. The lowest BCUT2D eigenvalue weighted by molar-refractivity contribution is -0.123. The highest BCUT2D eigenvalue weighted by molar-refractivity contribution is 8.12. The van der Waals surface area contributed by atoms with E-state index in [1.165, 1.54) is 64.2 Å². The number of fused-ring (bicyclic) bond motifs is 5. The number of carbonyl (C=O) groups excluding carboxylic acids is 2. The first-order valence-electron chi connectivity index (χ1n) is 19.1. The molecule has 0 saturated heterocycles. The predicted molar refractivity (Wildman–Crippen MR) is 195 cm³/mol. The molecule has 4 aliphatic rings. The summed E-state index contributed by atoms with van der Waals surface area (Å²) in [7, 11) is 0. The van der Waals surface area contributed by atoms with Gasteiger partial charge in [-0.1, -0.05) is 72.5 Å². The molecule has 0 aromatic rings. The molecular weight excluding hydrogens is 591 g/mol. The smallest absolute Gasteiger partial charge is 0.229 e. The first-order chi connectivity index (χ1) is 21.7. The molecule has 0 amide bonds. The molecule has 3 fully saturated rings. The normalized spacial score (nSPS) is 32.8. The van der Waals surface area contributed by atoms with Crippen molar-refractivity contribution in [2.75, 3.05) is 13.2 Å². The van der Waals surface area contributed by atoms with Crippen LogP contribution in [0.3, 0.4) is 0 Å². The second-order valence-electron chi connectivity index (χ2n) is 16.7. The Bertz CT molecular complexity index is 1010. The molecule has 4 rings (SSSR count). The molecule has 0 spiro atoms. The number of ether oxygens (including phenoxy) is 2.